The standard InChI is InChI=1S/C24H26BrN3O4/c1-31-18-7-6-12(11-19(18)32-2)14-9-16-21(17(29)10-14)20(13-4-3-5-15(25)8-13)22-23(26-16)27-28-24(22)30/h3-8,11,14,20,22-24,26-28,30H,9-10H2,1-2H3/t14-,20-,22?,23?,24?/m1/s1. The van der Waals surface area contributed by atoms with E-state index in [1.54, 1.807) is 14.2 Å². The smallest absolute Gasteiger partial charge is 0.161 e. The minimum atomic E-state index is -0.762. The van der Waals surface area contributed by atoms with Crippen LogP contribution >= 0.6 is 15.9 Å². The van der Waals surface area contributed by atoms with Gasteiger partial charge in [0, 0.05) is 34.0 Å². The van der Waals surface area contributed by atoms with Crippen molar-refractivity contribution in [2.45, 2.75) is 37.1 Å². The van der Waals surface area contributed by atoms with E-state index in [1.165, 1.54) is 0 Å². The summed E-state index contributed by atoms with van der Waals surface area (Å²) in [5.74, 6) is 1.07. The number of aliphatic hydroxyl groups excluding tert-OH is 1. The van der Waals surface area contributed by atoms with Gasteiger partial charge in [0.05, 0.1) is 20.4 Å². The molecule has 2 aromatic carbocycles. The molecule has 32 heavy (non-hydrogen) atoms. The summed E-state index contributed by atoms with van der Waals surface area (Å²) in [5, 5.41) is 14.2. The summed E-state index contributed by atoms with van der Waals surface area (Å²) in [6.07, 6.45) is 0.184. The first-order chi connectivity index (χ1) is 15.5. The molecule has 0 spiro atoms. The lowest BCUT2D eigenvalue weighted by Gasteiger charge is -2.42. The van der Waals surface area contributed by atoms with Crippen molar-refractivity contribution in [3.8, 4) is 11.5 Å². The number of Topliss-reactive ketones (excluding diaryl/α,β-unsaturated/α-hetero) is 1. The molecule has 2 heterocycles. The molecule has 8 heteroatoms. The number of nitrogens with one attached hydrogen (secondary N) is 3. The summed E-state index contributed by atoms with van der Waals surface area (Å²) in [7, 11) is 3.23. The summed E-state index contributed by atoms with van der Waals surface area (Å²) in [5.41, 5.74) is 9.87. The number of hydrogen-bond donors (Lipinski definition) is 4. The van der Waals surface area contributed by atoms with Crippen LogP contribution in [0, 0.1) is 5.92 Å². The third kappa shape index (κ3) is 3.61. The second kappa shape index (κ2) is 8.51. The molecular weight excluding hydrogens is 474 g/mol. The zero-order chi connectivity index (χ0) is 22.4. The zero-order valence-electron chi connectivity index (χ0n) is 17.9. The van der Waals surface area contributed by atoms with Crippen LogP contribution in [0.5, 0.6) is 11.5 Å². The number of methoxy groups -OCH3 is 2. The van der Waals surface area contributed by atoms with E-state index in [1.807, 2.05) is 42.5 Å². The van der Waals surface area contributed by atoms with Gasteiger partial charge in [-0.3, -0.25) is 4.79 Å². The van der Waals surface area contributed by atoms with Crippen molar-refractivity contribution in [3.05, 3.63) is 69.3 Å². The molecule has 0 amide bonds. The number of rotatable bonds is 4. The summed E-state index contributed by atoms with van der Waals surface area (Å²) in [6.45, 7) is 0. The van der Waals surface area contributed by atoms with Crippen molar-refractivity contribution in [1.82, 2.24) is 16.2 Å². The molecule has 0 radical (unpaired) electrons. The topological polar surface area (TPSA) is 91.9 Å². The number of allylic oxidation sites excluding steroid dienone is 2. The third-order valence-electron chi connectivity index (χ3n) is 6.76. The molecule has 4 N–H and O–H groups in total. The monoisotopic (exact) mass is 499 g/mol. The average molecular weight is 500 g/mol. The van der Waals surface area contributed by atoms with Gasteiger partial charge in [0.1, 0.15) is 6.23 Å². The molecule has 2 aliphatic heterocycles. The second-order valence-corrected chi connectivity index (χ2v) is 9.42. The molecule has 0 bridgehead atoms. The number of fused-ring (bicyclic) bond motifs is 1. The van der Waals surface area contributed by atoms with Crippen molar-refractivity contribution in [2.24, 2.45) is 5.92 Å². The molecule has 0 aromatic heterocycles. The number of halogens is 1. The van der Waals surface area contributed by atoms with Crippen molar-refractivity contribution in [1.29, 1.82) is 0 Å². The highest BCUT2D eigenvalue weighted by molar-refractivity contribution is 9.10. The number of carbonyl (C=O) groups excluding carboxylic acids is 1. The Morgan fingerprint density at radius 1 is 1.00 bits per heavy atom. The van der Waals surface area contributed by atoms with E-state index < -0.39 is 6.23 Å². The maximum absolute atomic E-state index is 13.6. The molecule has 0 saturated carbocycles. The first-order valence-electron chi connectivity index (χ1n) is 10.7. The summed E-state index contributed by atoms with van der Waals surface area (Å²) >= 11 is 3.55. The van der Waals surface area contributed by atoms with E-state index in [2.05, 4.69) is 32.1 Å². The van der Waals surface area contributed by atoms with Gasteiger partial charge in [-0.1, -0.05) is 34.1 Å². The van der Waals surface area contributed by atoms with Gasteiger partial charge in [0.2, 0.25) is 0 Å². The third-order valence-corrected chi connectivity index (χ3v) is 7.25. The molecule has 1 aliphatic carbocycles. The van der Waals surface area contributed by atoms with Crippen molar-refractivity contribution in [3.63, 3.8) is 0 Å². The minimum absolute atomic E-state index is 0.0348. The molecule has 1 fully saturated rings. The molecule has 1 saturated heterocycles. The van der Waals surface area contributed by atoms with Gasteiger partial charge in [0.25, 0.3) is 0 Å². The molecule has 5 rings (SSSR count). The largest absolute Gasteiger partial charge is 0.493 e. The fourth-order valence-electron chi connectivity index (χ4n) is 5.30. The number of benzene rings is 2. The molecule has 5 atom stereocenters. The molecule has 3 unspecified atom stereocenters. The van der Waals surface area contributed by atoms with Crippen LogP contribution in [0.3, 0.4) is 0 Å². The SMILES string of the molecule is COc1ccc([C@H]2CC(=O)C3=C(C2)NC2NNC(O)C2[C@@H]3c2cccc(Br)c2)cc1OC. The van der Waals surface area contributed by atoms with Crippen LogP contribution in [0.1, 0.15) is 35.8 Å². The Kier molecular flexibility index (Phi) is 5.71. The van der Waals surface area contributed by atoms with E-state index >= 15 is 0 Å². The molecule has 168 valence electrons. The maximum atomic E-state index is 13.6. The number of hydrogen-bond acceptors (Lipinski definition) is 7. The van der Waals surface area contributed by atoms with Gasteiger partial charge < -0.3 is 19.9 Å². The highest BCUT2D eigenvalue weighted by Crippen LogP contribution is 2.48. The lowest BCUT2D eigenvalue weighted by molar-refractivity contribution is -0.117. The number of carbonyl (C=O) groups is 1. The van der Waals surface area contributed by atoms with Crippen molar-refractivity contribution < 1.29 is 19.4 Å². The lowest BCUT2D eigenvalue weighted by atomic mass is 9.69. The van der Waals surface area contributed by atoms with Crippen LogP contribution in [0.25, 0.3) is 0 Å². The summed E-state index contributed by atoms with van der Waals surface area (Å²) < 4.78 is 11.8. The Hall–Kier alpha value is -2.39. The fourth-order valence-corrected chi connectivity index (χ4v) is 5.71. The summed E-state index contributed by atoms with van der Waals surface area (Å²) in [4.78, 5) is 13.6. The normalized spacial score (nSPS) is 29.2. The maximum Gasteiger partial charge on any atom is 0.161 e. The Balaban J connectivity index is 1.55. The zero-order valence-corrected chi connectivity index (χ0v) is 19.5. The first-order valence-corrected chi connectivity index (χ1v) is 11.5. The van der Waals surface area contributed by atoms with Crippen molar-refractivity contribution in [2.75, 3.05) is 14.2 Å². The second-order valence-electron chi connectivity index (χ2n) is 8.50. The van der Waals surface area contributed by atoms with Crippen LogP contribution in [0.4, 0.5) is 0 Å². The Morgan fingerprint density at radius 2 is 1.81 bits per heavy atom. The number of ketones is 1. The highest BCUT2D eigenvalue weighted by Gasteiger charge is 2.49. The van der Waals surface area contributed by atoms with Crippen LogP contribution in [-0.2, 0) is 4.79 Å². The van der Waals surface area contributed by atoms with Gasteiger partial charge in [-0.25, -0.2) is 10.9 Å². The number of ether oxygens (including phenoxy) is 2. The highest BCUT2D eigenvalue weighted by atomic mass is 79.9. The minimum Gasteiger partial charge on any atom is -0.493 e. The van der Waals surface area contributed by atoms with Gasteiger partial charge in [-0.05, 0) is 47.7 Å². The van der Waals surface area contributed by atoms with E-state index in [-0.39, 0.29) is 29.7 Å². The van der Waals surface area contributed by atoms with Gasteiger partial charge >= 0.3 is 0 Å². The van der Waals surface area contributed by atoms with Crippen LogP contribution in [-0.4, -0.2) is 37.5 Å². The predicted molar refractivity (Wildman–Crippen MR) is 123 cm³/mol. The van der Waals surface area contributed by atoms with Gasteiger partial charge in [-0.2, -0.15) is 0 Å². The van der Waals surface area contributed by atoms with Crippen molar-refractivity contribution >= 4 is 21.7 Å². The van der Waals surface area contributed by atoms with Gasteiger partial charge in [-0.15, -0.1) is 0 Å². The van der Waals surface area contributed by atoms with Crippen LogP contribution in [0.2, 0.25) is 0 Å². The quantitative estimate of drug-likeness (QED) is 0.513. The van der Waals surface area contributed by atoms with E-state index in [0.717, 1.165) is 26.9 Å². The predicted octanol–water partition coefficient (Wildman–Crippen LogP) is 2.92. The summed E-state index contributed by atoms with van der Waals surface area (Å²) in [6, 6.07) is 13.8. The molecule has 2 aromatic rings. The van der Waals surface area contributed by atoms with Crippen LogP contribution < -0.4 is 25.6 Å². The molecule has 7 nitrogen and oxygen atoms in total. The lowest BCUT2D eigenvalue weighted by Crippen LogP contribution is -2.51. The Labute approximate surface area is 195 Å². The van der Waals surface area contributed by atoms with E-state index in [0.29, 0.717) is 24.3 Å². The van der Waals surface area contributed by atoms with E-state index in [9.17, 15) is 9.90 Å². The van der Waals surface area contributed by atoms with E-state index in [4.69, 9.17) is 9.47 Å². The fraction of sp³-hybridized carbons (Fsp3) is 0.375. The van der Waals surface area contributed by atoms with Gasteiger partial charge in [0.15, 0.2) is 17.3 Å². The average Bonchev–Trinajstić information content (AvgIpc) is 3.17. The molecular formula is C24H26BrN3O4. The molecule has 3 aliphatic rings. The first kappa shape index (κ1) is 21.5. The Bertz CT molecular complexity index is 1090. The number of hydrazine groups is 1. The van der Waals surface area contributed by atoms with Crippen LogP contribution in [0.15, 0.2) is 58.2 Å². The Morgan fingerprint density at radius 3 is 2.56 bits per heavy atom. The number of aliphatic hydroxyl groups is 1.